The lowest BCUT2D eigenvalue weighted by atomic mass is 9.69. The molecular weight excluding hydrogens is 779 g/mol. The van der Waals surface area contributed by atoms with Gasteiger partial charge in [-0.3, -0.25) is 0 Å². The number of para-hydroxylation sites is 1. The van der Waals surface area contributed by atoms with Crippen LogP contribution in [0.1, 0.15) is 44.9 Å². The van der Waals surface area contributed by atoms with Gasteiger partial charge in [0.1, 0.15) is 11.2 Å². The molecule has 4 nitrogen and oxygen atoms in total. The van der Waals surface area contributed by atoms with Crippen molar-refractivity contribution < 1.29 is 4.42 Å². The molecule has 0 saturated heterocycles. The molecule has 1 atom stereocenters. The minimum Gasteiger partial charge on any atom is -0.455 e. The largest absolute Gasteiger partial charge is 0.455 e. The van der Waals surface area contributed by atoms with Crippen LogP contribution in [0.4, 0.5) is 0 Å². The summed E-state index contributed by atoms with van der Waals surface area (Å²) < 4.78 is 6.79. The second-order valence-electron chi connectivity index (χ2n) is 17.4. The standard InChI is InChI=1S/C60H37N3O/c1-3-16-36(17-4-1)57-61-58(37-18-5-2-6-19-37)63-59(62-57)46-26-15-25-45-50-32-38(30-31-55(50)64-56(45)46)47-33-39-34-54-49(35-48(39)41-21-8-7-20-40(41)47)44-24-11-14-29-53(44)60(54)51-27-12-9-22-42(51)43-23-10-13-28-52(43)60/h1-32,34-35,47H,33H2. The van der Waals surface area contributed by atoms with Crippen LogP contribution in [0, 0.1) is 0 Å². The number of fused-ring (bicyclic) bond motifs is 16. The Morgan fingerprint density at radius 2 is 0.938 bits per heavy atom. The Hall–Kier alpha value is -8.21. The zero-order chi connectivity index (χ0) is 41.9. The average molecular weight is 816 g/mol. The minimum atomic E-state index is -0.380. The molecule has 3 aliphatic rings. The summed E-state index contributed by atoms with van der Waals surface area (Å²) in [5.41, 5.74) is 21.4. The SMILES string of the molecule is c1ccc(-c2nc(-c3ccccc3)nc(-c3cccc4c3oc3ccc(C5Cc6cc7c(cc6-c6ccccc65)-c5ccccc5C75c6ccccc6-c6ccccc65)cc34)n2)cc1. The van der Waals surface area contributed by atoms with Crippen LogP contribution in [-0.2, 0) is 11.8 Å². The molecule has 2 heterocycles. The van der Waals surface area contributed by atoms with Gasteiger partial charge in [-0.25, -0.2) is 15.0 Å². The second-order valence-corrected chi connectivity index (χ2v) is 17.4. The summed E-state index contributed by atoms with van der Waals surface area (Å²) in [4.78, 5) is 15.1. The van der Waals surface area contributed by atoms with Crippen molar-refractivity contribution in [2.45, 2.75) is 17.8 Å². The topological polar surface area (TPSA) is 51.8 Å². The normalized spacial score (nSPS) is 14.8. The summed E-state index contributed by atoms with van der Waals surface area (Å²) in [6.45, 7) is 0. The van der Waals surface area contributed by atoms with E-state index in [1.54, 1.807) is 0 Å². The third-order valence-electron chi connectivity index (χ3n) is 14.1. The smallest absolute Gasteiger partial charge is 0.167 e. The maximum atomic E-state index is 6.79. The molecule has 0 bridgehead atoms. The fourth-order valence-corrected chi connectivity index (χ4v) is 11.4. The highest BCUT2D eigenvalue weighted by molar-refractivity contribution is 6.09. The molecule has 2 aromatic heterocycles. The summed E-state index contributed by atoms with van der Waals surface area (Å²) in [5, 5.41) is 2.12. The molecule has 0 fully saturated rings. The number of benzene rings is 9. The molecular formula is C60H37N3O. The van der Waals surface area contributed by atoms with Gasteiger partial charge in [-0.15, -0.1) is 0 Å². The number of rotatable bonds is 4. The maximum absolute atomic E-state index is 6.79. The van der Waals surface area contributed by atoms with Crippen molar-refractivity contribution in [2.75, 3.05) is 0 Å². The average Bonchev–Trinajstić information content (AvgIpc) is 3.99. The van der Waals surface area contributed by atoms with Gasteiger partial charge in [-0.2, -0.15) is 0 Å². The van der Waals surface area contributed by atoms with Crippen molar-refractivity contribution in [3.05, 3.63) is 245 Å². The predicted octanol–water partition coefficient (Wildman–Crippen LogP) is 14.5. The molecule has 4 heteroatoms. The lowest BCUT2D eigenvalue weighted by Crippen LogP contribution is -2.26. The van der Waals surface area contributed by atoms with E-state index in [4.69, 9.17) is 19.4 Å². The van der Waals surface area contributed by atoms with E-state index < -0.39 is 0 Å². The molecule has 3 aliphatic carbocycles. The van der Waals surface area contributed by atoms with Gasteiger partial charge >= 0.3 is 0 Å². The van der Waals surface area contributed by atoms with E-state index in [1.807, 2.05) is 60.7 Å². The van der Waals surface area contributed by atoms with Crippen molar-refractivity contribution >= 4 is 21.9 Å². The number of hydrogen-bond donors (Lipinski definition) is 0. The monoisotopic (exact) mass is 815 g/mol. The third-order valence-corrected chi connectivity index (χ3v) is 14.1. The van der Waals surface area contributed by atoms with Crippen molar-refractivity contribution in [1.29, 1.82) is 0 Å². The first-order chi connectivity index (χ1) is 31.7. The highest BCUT2D eigenvalue weighted by Gasteiger charge is 2.52. The van der Waals surface area contributed by atoms with Gasteiger partial charge in [0.25, 0.3) is 0 Å². The molecule has 0 N–H and O–H groups in total. The first-order valence-electron chi connectivity index (χ1n) is 22.1. The molecule has 0 amide bonds. The van der Waals surface area contributed by atoms with Crippen LogP contribution in [0.2, 0.25) is 0 Å². The van der Waals surface area contributed by atoms with Gasteiger partial charge in [0.15, 0.2) is 17.5 Å². The van der Waals surface area contributed by atoms with E-state index in [0.717, 1.165) is 45.0 Å². The number of hydrogen-bond acceptors (Lipinski definition) is 4. The highest BCUT2D eigenvalue weighted by Crippen LogP contribution is 2.64. The minimum absolute atomic E-state index is 0.146. The fraction of sp³-hybridized carbons (Fsp3) is 0.0500. The van der Waals surface area contributed by atoms with E-state index in [9.17, 15) is 0 Å². The zero-order valence-electron chi connectivity index (χ0n) is 34.7. The van der Waals surface area contributed by atoms with Crippen LogP contribution in [-0.4, -0.2) is 15.0 Å². The molecule has 9 aromatic carbocycles. The molecule has 1 spiro atoms. The lowest BCUT2D eigenvalue weighted by molar-refractivity contribution is 0.669. The van der Waals surface area contributed by atoms with Gasteiger partial charge in [0.2, 0.25) is 0 Å². The Kier molecular flexibility index (Phi) is 7.41. The van der Waals surface area contributed by atoms with Crippen molar-refractivity contribution in [3.63, 3.8) is 0 Å². The molecule has 1 unspecified atom stereocenters. The Bertz CT molecular complexity index is 3610. The molecule has 298 valence electrons. The number of furan rings is 1. The van der Waals surface area contributed by atoms with Crippen molar-refractivity contribution in [2.24, 2.45) is 0 Å². The molecule has 11 aromatic rings. The summed E-state index contributed by atoms with van der Waals surface area (Å²) in [6, 6.07) is 74.7. The first kappa shape index (κ1) is 35.4. The maximum Gasteiger partial charge on any atom is 0.167 e. The van der Waals surface area contributed by atoms with Crippen molar-refractivity contribution in [1.82, 2.24) is 15.0 Å². The van der Waals surface area contributed by atoms with E-state index in [1.165, 1.54) is 72.3 Å². The van der Waals surface area contributed by atoms with E-state index in [2.05, 4.69) is 146 Å². The van der Waals surface area contributed by atoms with Crippen LogP contribution in [0.25, 0.3) is 89.5 Å². The van der Waals surface area contributed by atoms with Gasteiger partial charge < -0.3 is 4.42 Å². The summed E-state index contributed by atoms with van der Waals surface area (Å²) in [5.74, 6) is 1.97. The van der Waals surface area contributed by atoms with Crippen LogP contribution in [0.5, 0.6) is 0 Å². The van der Waals surface area contributed by atoms with Crippen molar-refractivity contribution in [3.8, 4) is 67.5 Å². The quantitative estimate of drug-likeness (QED) is 0.178. The Labute approximate surface area is 370 Å². The van der Waals surface area contributed by atoms with Gasteiger partial charge in [0.05, 0.1) is 11.0 Å². The highest BCUT2D eigenvalue weighted by atomic mass is 16.3. The number of aromatic nitrogens is 3. The van der Waals surface area contributed by atoms with E-state index in [0.29, 0.717) is 17.5 Å². The van der Waals surface area contributed by atoms with Gasteiger partial charge in [-0.05, 0) is 103 Å². The molecule has 0 saturated carbocycles. The van der Waals surface area contributed by atoms with Crippen LogP contribution >= 0.6 is 0 Å². The fourth-order valence-electron chi connectivity index (χ4n) is 11.4. The summed E-state index contributed by atoms with van der Waals surface area (Å²) in [6.07, 6.45) is 0.886. The Morgan fingerprint density at radius 3 is 1.59 bits per heavy atom. The second kappa shape index (κ2) is 13.4. The molecule has 0 radical (unpaired) electrons. The van der Waals surface area contributed by atoms with E-state index >= 15 is 0 Å². The molecule has 64 heavy (non-hydrogen) atoms. The van der Waals surface area contributed by atoms with Crippen LogP contribution in [0.3, 0.4) is 0 Å². The van der Waals surface area contributed by atoms with Crippen LogP contribution in [0.15, 0.2) is 211 Å². The van der Waals surface area contributed by atoms with Gasteiger partial charge in [0, 0.05) is 27.8 Å². The molecule has 14 rings (SSSR count). The lowest BCUT2D eigenvalue weighted by Gasteiger charge is -2.33. The number of nitrogens with zero attached hydrogens (tertiary/aromatic N) is 3. The van der Waals surface area contributed by atoms with E-state index in [-0.39, 0.29) is 11.3 Å². The third kappa shape index (κ3) is 4.91. The van der Waals surface area contributed by atoms with Gasteiger partial charge in [-0.1, -0.05) is 182 Å². The summed E-state index contributed by atoms with van der Waals surface area (Å²) in [7, 11) is 0. The summed E-state index contributed by atoms with van der Waals surface area (Å²) >= 11 is 0. The molecule has 0 aliphatic heterocycles. The zero-order valence-corrected chi connectivity index (χ0v) is 34.7. The predicted molar refractivity (Wildman–Crippen MR) is 257 cm³/mol. The Morgan fingerprint density at radius 1 is 0.391 bits per heavy atom. The Balaban J connectivity index is 0.921. The first-order valence-corrected chi connectivity index (χ1v) is 22.1. The van der Waals surface area contributed by atoms with Crippen LogP contribution < -0.4 is 0 Å².